The largest absolute Gasteiger partial charge is 0.277 e. The van der Waals surface area contributed by atoms with Gasteiger partial charge >= 0.3 is 0 Å². The zero-order valence-corrected chi connectivity index (χ0v) is 16.3. The molecule has 3 rings (SSSR count). The number of hydrogen-bond acceptors (Lipinski definition) is 4. The summed E-state index contributed by atoms with van der Waals surface area (Å²) in [6.07, 6.45) is 7.94. The molecule has 6 heteroatoms. The van der Waals surface area contributed by atoms with E-state index in [1.807, 2.05) is 19.1 Å². The third kappa shape index (κ3) is 4.49. The van der Waals surface area contributed by atoms with E-state index in [-0.39, 0.29) is 17.4 Å². The molecule has 2 N–H and O–H groups in total. The summed E-state index contributed by atoms with van der Waals surface area (Å²) < 4.78 is 1.55. The van der Waals surface area contributed by atoms with Crippen molar-refractivity contribution in [3.63, 3.8) is 0 Å². The molecule has 1 aliphatic rings. The lowest BCUT2D eigenvalue weighted by molar-refractivity contribution is -0.125. The van der Waals surface area contributed by atoms with Gasteiger partial charge in [-0.25, -0.2) is 4.98 Å². The van der Waals surface area contributed by atoms with Gasteiger partial charge in [0.05, 0.1) is 10.9 Å². The van der Waals surface area contributed by atoms with Crippen molar-refractivity contribution >= 4 is 22.8 Å². The standard InChI is InChI=1S/C21H30N4O2/c1-3-5-8-15-11-13-16(14-12-15)19(26)23-24-21-22-18-10-7-6-9-17(18)20(27)25(21)4-2/h6-7,9-10,15-16H,3-5,8,11-14H2,1-2H3,(H,22,24)(H,23,26). The van der Waals surface area contributed by atoms with Crippen LogP contribution in [-0.2, 0) is 11.3 Å². The lowest BCUT2D eigenvalue weighted by Crippen LogP contribution is -2.39. The molecular formula is C21H30N4O2. The zero-order valence-electron chi connectivity index (χ0n) is 16.3. The van der Waals surface area contributed by atoms with Crippen molar-refractivity contribution in [3.05, 3.63) is 34.6 Å². The Kier molecular flexibility index (Phi) is 6.48. The predicted molar refractivity (Wildman–Crippen MR) is 108 cm³/mol. The molecule has 27 heavy (non-hydrogen) atoms. The second-order valence-corrected chi connectivity index (χ2v) is 7.48. The van der Waals surface area contributed by atoms with Gasteiger partial charge in [0.1, 0.15) is 0 Å². The van der Waals surface area contributed by atoms with Gasteiger partial charge in [-0.2, -0.15) is 0 Å². The fourth-order valence-electron chi connectivity index (χ4n) is 3.98. The number of amides is 1. The number of benzene rings is 1. The van der Waals surface area contributed by atoms with Crippen molar-refractivity contribution in [1.82, 2.24) is 15.0 Å². The summed E-state index contributed by atoms with van der Waals surface area (Å²) in [5, 5.41) is 0.585. The maximum absolute atomic E-state index is 12.6. The van der Waals surface area contributed by atoms with Crippen LogP contribution in [0.5, 0.6) is 0 Å². The number of para-hydroxylation sites is 1. The van der Waals surface area contributed by atoms with Crippen LogP contribution in [0.15, 0.2) is 29.1 Å². The Bertz CT molecular complexity index is 838. The van der Waals surface area contributed by atoms with Gasteiger partial charge in [-0.05, 0) is 50.7 Å². The Balaban J connectivity index is 1.63. The summed E-state index contributed by atoms with van der Waals surface area (Å²) >= 11 is 0. The van der Waals surface area contributed by atoms with Crippen LogP contribution < -0.4 is 16.4 Å². The minimum absolute atomic E-state index is 0.00555. The SMILES string of the molecule is CCCCC1CCC(C(=O)NNc2nc3ccccc3c(=O)n2CC)CC1. The highest BCUT2D eigenvalue weighted by molar-refractivity contribution is 5.81. The maximum Gasteiger partial charge on any atom is 0.262 e. The topological polar surface area (TPSA) is 76.0 Å². The Hall–Kier alpha value is -2.37. The molecule has 0 saturated heterocycles. The monoisotopic (exact) mass is 370 g/mol. The van der Waals surface area contributed by atoms with Crippen LogP contribution in [0.3, 0.4) is 0 Å². The van der Waals surface area contributed by atoms with E-state index >= 15 is 0 Å². The molecule has 2 aromatic rings. The van der Waals surface area contributed by atoms with Gasteiger partial charge in [0, 0.05) is 12.5 Å². The van der Waals surface area contributed by atoms with E-state index in [0.717, 1.165) is 31.6 Å². The molecule has 1 aromatic carbocycles. The van der Waals surface area contributed by atoms with E-state index in [0.29, 0.717) is 23.4 Å². The lowest BCUT2D eigenvalue weighted by atomic mass is 9.79. The van der Waals surface area contributed by atoms with Crippen molar-refractivity contribution in [3.8, 4) is 0 Å². The first-order chi connectivity index (χ1) is 13.1. The van der Waals surface area contributed by atoms with E-state index in [1.54, 1.807) is 16.7 Å². The van der Waals surface area contributed by atoms with Crippen molar-refractivity contribution in [1.29, 1.82) is 0 Å². The number of carbonyl (C=O) groups excluding carboxylic acids is 1. The Morgan fingerprint density at radius 3 is 2.63 bits per heavy atom. The molecule has 1 heterocycles. The highest BCUT2D eigenvalue weighted by Gasteiger charge is 2.26. The first-order valence-corrected chi connectivity index (χ1v) is 10.2. The highest BCUT2D eigenvalue weighted by atomic mass is 16.2. The number of nitrogens with zero attached hydrogens (tertiary/aromatic N) is 2. The van der Waals surface area contributed by atoms with Gasteiger partial charge in [0.2, 0.25) is 11.9 Å². The van der Waals surface area contributed by atoms with Crippen molar-refractivity contribution < 1.29 is 4.79 Å². The average Bonchev–Trinajstić information content (AvgIpc) is 2.71. The molecule has 0 atom stereocenters. The van der Waals surface area contributed by atoms with Gasteiger partial charge < -0.3 is 0 Å². The molecule has 0 spiro atoms. The molecule has 0 aliphatic heterocycles. The van der Waals surface area contributed by atoms with Gasteiger partial charge in [-0.15, -0.1) is 0 Å². The highest BCUT2D eigenvalue weighted by Crippen LogP contribution is 2.31. The van der Waals surface area contributed by atoms with Crippen LogP contribution in [0.25, 0.3) is 10.9 Å². The van der Waals surface area contributed by atoms with Crippen LogP contribution in [-0.4, -0.2) is 15.5 Å². The first-order valence-electron chi connectivity index (χ1n) is 10.2. The molecule has 1 aromatic heterocycles. The molecule has 6 nitrogen and oxygen atoms in total. The average molecular weight is 370 g/mol. The van der Waals surface area contributed by atoms with Gasteiger partial charge in [0.15, 0.2) is 0 Å². The third-order valence-electron chi connectivity index (χ3n) is 5.66. The van der Waals surface area contributed by atoms with Crippen LogP contribution in [0.4, 0.5) is 5.95 Å². The van der Waals surface area contributed by atoms with E-state index in [1.165, 1.54) is 19.3 Å². The Morgan fingerprint density at radius 2 is 1.93 bits per heavy atom. The van der Waals surface area contributed by atoms with Crippen LogP contribution in [0.1, 0.15) is 58.8 Å². The minimum atomic E-state index is -0.101. The van der Waals surface area contributed by atoms with E-state index in [2.05, 4.69) is 22.8 Å². The van der Waals surface area contributed by atoms with Crippen LogP contribution in [0, 0.1) is 11.8 Å². The predicted octanol–water partition coefficient (Wildman–Crippen LogP) is 3.86. The minimum Gasteiger partial charge on any atom is -0.277 e. The lowest BCUT2D eigenvalue weighted by Gasteiger charge is -2.27. The summed E-state index contributed by atoms with van der Waals surface area (Å²) in [7, 11) is 0. The fraction of sp³-hybridized carbons (Fsp3) is 0.571. The third-order valence-corrected chi connectivity index (χ3v) is 5.66. The number of unbranched alkanes of at least 4 members (excludes halogenated alkanes) is 1. The van der Waals surface area contributed by atoms with Gasteiger partial charge in [-0.3, -0.25) is 25.0 Å². The van der Waals surface area contributed by atoms with Crippen molar-refractivity contribution in [2.24, 2.45) is 11.8 Å². The smallest absolute Gasteiger partial charge is 0.262 e. The number of hydrazine groups is 1. The second-order valence-electron chi connectivity index (χ2n) is 7.48. The summed E-state index contributed by atoms with van der Waals surface area (Å²) in [5.74, 6) is 1.19. The second kappa shape index (κ2) is 9.02. The fourth-order valence-corrected chi connectivity index (χ4v) is 3.98. The number of nitrogens with one attached hydrogen (secondary N) is 2. The van der Waals surface area contributed by atoms with Crippen molar-refractivity contribution in [2.75, 3.05) is 5.43 Å². The molecule has 0 unspecified atom stereocenters. The zero-order chi connectivity index (χ0) is 19.2. The van der Waals surface area contributed by atoms with Crippen LogP contribution in [0.2, 0.25) is 0 Å². The Morgan fingerprint density at radius 1 is 1.19 bits per heavy atom. The summed E-state index contributed by atoms with van der Waals surface area (Å²) in [6, 6.07) is 7.26. The number of anilines is 1. The Labute approximate surface area is 160 Å². The summed E-state index contributed by atoms with van der Waals surface area (Å²) in [6.45, 7) is 4.60. The molecule has 1 saturated carbocycles. The first kappa shape index (κ1) is 19.4. The number of hydrogen-bond donors (Lipinski definition) is 2. The van der Waals surface area contributed by atoms with E-state index < -0.39 is 0 Å². The number of rotatable bonds is 7. The van der Waals surface area contributed by atoms with Crippen molar-refractivity contribution in [2.45, 2.75) is 65.3 Å². The molecule has 0 radical (unpaired) electrons. The summed E-state index contributed by atoms with van der Waals surface area (Å²) in [5.41, 5.74) is 6.20. The molecule has 1 amide bonds. The number of carbonyl (C=O) groups is 1. The van der Waals surface area contributed by atoms with Crippen LogP contribution >= 0.6 is 0 Å². The van der Waals surface area contributed by atoms with E-state index in [9.17, 15) is 9.59 Å². The number of aromatic nitrogens is 2. The normalized spacial score (nSPS) is 19.8. The quantitative estimate of drug-likeness (QED) is 0.726. The molecule has 1 aliphatic carbocycles. The molecule has 1 fully saturated rings. The molecule has 0 bridgehead atoms. The maximum atomic E-state index is 12.6. The molecular weight excluding hydrogens is 340 g/mol. The van der Waals surface area contributed by atoms with Gasteiger partial charge in [0.25, 0.3) is 5.56 Å². The molecule has 146 valence electrons. The van der Waals surface area contributed by atoms with E-state index in [4.69, 9.17) is 0 Å². The summed E-state index contributed by atoms with van der Waals surface area (Å²) in [4.78, 5) is 29.7. The van der Waals surface area contributed by atoms with Gasteiger partial charge in [-0.1, -0.05) is 38.3 Å². The number of fused-ring (bicyclic) bond motifs is 1.